The smallest absolute Gasteiger partial charge is 0.245 e. The van der Waals surface area contributed by atoms with E-state index in [1.54, 1.807) is 0 Å². The van der Waals surface area contributed by atoms with Crippen LogP contribution >= 0.6 is 0 Å². The molecule has 1 atom stereocenters. The van der Waals surface area contributed by atoms with Gasteiger partial charge in [-0.25, -0.2) is 0 Å². The molecule has 1 aromatic rings. The fourth-order valence-corrected chi connectivity index (χ4v) is 3.03. The van der Waals surface area contributed by atoms with Crippen molar-refractivity contribution in [3.63, 3.8) is 0 Å². The number of likely N-dealkylation sites (tertiary alicyclic amines) is 1. The van der Waals surface area contributed by atoms with Crippen molar-refractivity contribution < 1.29 is 4.79 Å². The molecule has 0 saturated carbocycles. The lowest BCUT2D eigenvalue weighted by Gasteiger charge is -2.38. The molecule has 4 nitrogen and oxygen atoms in total. The normalized spacial score (nSPS) is 17.9. The zero-order chi connectivity index (χ0) is 15.4. The first-order valence-electron chi connectivity index (χ1n) is 7.83. The van der Waals surface area contributed by atoms with E-state index >= 15 is 0 Å². The first kappa shape index (κ1) is 15.8. The molecule has 2 N–H and O–H groups in total. The van der Waals surface area contributed by atoms with E-state index in [-0.39, 0.29) is 23.9 Å². The average Bonchev–Trinajstić information content (AvgIpc) is 2.48. The van der Waals surface area contributed by atoms with Gasteiger partial charge < -0.3 is 15.5 Å². The van der Waals surface area contributed by atoms with Crippen LogP contribution in [0.5, 0.6) is 0 Å². The minimum absolute atomic E-state index is 0.123. The first-order valence-corrected chi connectivity index (χ1v) is 7.83. The summed E-state index contributed by atoms with van der Waals surface area (Å²) in [5.74, 6) is 0.488. The maximum Gasteiger partial charge on any atom is 0.245 e. The van der Waals surface area contributed by atoms with Crippen LogP contribution in [0.25, 0.3) is 0 Å². The van der Waals surface area contributed by atoms with Crippen molar-refractivity contribution in [1.29, 1.82) is 0 Å². The molecule has 2 rings (SSSR count). The zero-order valence-corrected chi connectivity index (χ0v) is 13.3. The number of nitrogens with two attached hydrogens (primary N) is 1. The van der Waals surface area contributed by atoms with Gasteiger partial charge in [0, 0.05) is 31.9 Å². The maximum absolute atomic E-state index is 12.9. The number of hydrogen-bond donors (Lipinski definition) is 1. The quantitative estimate of drug-likeness (QED) is 0.923. The summed E-state index contributed by atoms with van der Waals surface area (Å²) in [5.41, 5.74) is 7.02. The minimum Gasteiger partial charge on any atom is -0.362 e. The number of likely N-dealkylation sites (N-methyl/N-ethyl adjacent to an activating group) is 1. The summed E-state index contributed by atoms with van der Waals surface area (Å²) in [5, 5.41) is 0. The van der Waals surface area contributed by atoms with Gasteiger partial charge in [-0.05, 0) is 30.9 Å². The Hall–Kier alpha value is -1.55. The molecule has 21 heavy (non-hydrogen) atoms. The molecule has 0 radical (unpaired) electrons. The molecule has 1 unspecified atom stereocenters. The largest absolute Gasteiger partial charge is 0.362 e. The summed E-state index contributed by atoms with van der Waals surface area (Å²) in [6, 6.07) is 10.2. The van der Waals surface area contributed by atoms with Gasteiger partial charge in [0.05, 0.1) is 0 Å². The van der Waals surface area contributed by atoms with Crippen LogP contribution in [0, 0.1) is 5.92 Å². The number of amides is 1. The SMILES string of the molecule is CC(C)C(C(=O)N1CCC(N)CC1)N(C)c1ccccc1. The molecular formula is C17H27N3O. The van der Waals surface area contributed by atoms with Crippen molar-refractivity contribution in [2.24, 2.45) is 11.7 Å². The van der Waals surface area contributed by atoms with Crippen molar-refractivity contribution in [3.05, 3.63) is 30.3 Å². The van der Waals surface area contributed by atoms with Gasteiger partial charge in [-0.1, -0.05) is 32.0 Å². The second kappa shape index (κ2) is 6.94. The molecule has 1 fully saturated rings. The van der Waals surface area contributed by atoms with Gasteiger partial charge in [0.15, 0.2) is 0 Å². The van der Waals surface area contributed by atoms with Gasteiger partial charge in [0.1, 0.15) is 6.04 Å². The molecule has 1 aromatic carbocycles. The molecule has 4 heteroatoms. The number of benzene rings is 1. The molecule has 0 spiro atoms. The molecule has 1 heterocycles. The summed E-state index contributed by atoms with van der Waals surface area (Å²) in [7, 11) is 2.01. The van der Waals surface area contributed by atoms with E-state index < -0.39 is 0 Å². The number of nitrogens with zero attached hydrogens (tertiary/aromatic N) is 2. The van der Waals surface area contributed by atoms with Gasteiger partial charge in [-0.3, -0.25) is 4.79 Å². The summed E-state index contributed by atoms with van der Waals surface area (Å²) in [4.78, 5) is 17.0. The maximum atomic E-state index is 12.9. The number of carbonyl (C=O) groups is 1. The average molecular weight is 289 g/mol. The summed E-state index contributed by atoms with van der Waals surface area (Å²) in [6.45, 7) is 5.78. The van der Waals surface area contributed by atoms with Crippen molar-refractivity contribution >= 4 is 11.6 Å². The monoisotopic (exact) mass is 289 g/mol. The number of carbonyl (C=O) groups excluding carboxylic acids is 1. The molecule has 0 aromatic heterocycles. The van der Waals surface area contributed by atoms with Crippen molar-refractivity contribution in [1.82, 2.24) is 4.90 Å². The molecule has 1 amide bonds. The second-order valence-electron chi connectivity index (χ2n) is 6.30. The van der Waals surface area contributed by atoms with Gasteiger partial charge in [0.25, 0.3) is 0 Å². The zero-order valence-electron chi connectivity index (χ0n) is 13.3. The van der Waals surface area contributed by atoms with E-state index in [1.165, 1.54) is 0 Å². The standard InChI is InChI=1S/C17H27N3O/c1-13(2)16(19(3)15-7-5-4-6-8-15)17(21)20-11-9-14(18)10-12-20/h4-8,13-14,16H,9-12,18H2,1-3H3. The third-order valence-electron chi connectivity index (χ3n) is 4.32. The Morgan fingerprint density at radius 3 is 2.33 bits per heavy atom. The molecular weight excluding hydrogens is 262 g/mol. The fraction of sp³-hybridized carbons (Fsp3) is 0.588. The van der Waals surface area contributed by atoms with Crippen LogP contribution in [0.4, 0.5) is 5.69 Å². The Bertz CT molecular complexity index is 452. The second-order valence-corrected chi connectivity index (χ2v) is 6.30. The van der Waals surface area contributed by atoms with E-state index in [4.69, 9.17) is 5.73 Å². The number of hydrogen-bond acceptors (Lipinski definition) is 3. The lowest BCUT2D eigenvalue weighted by Crippen LogP contribution is -2.53. The third kappa shape index (κ3) is 3.76. The Balaban J connectivity index is 2.13. The molecule has 0 aliphatic carbocycles. The van der Waals surface area contributed by atoms with Gasteiger partial charge in [0.2, 0.25) is 5.91 Å². The predicted molar refractivity (Wildman–Crippen MR) is 87.3 cm³/mol. The first-order chi connectivity index (χ1) is 10.0. The molecule has 116 valence electrons. The number of rotatable bonds is 4. The van der Waals surface area contributed by atoms with Crippen molar-refractivity contribution in [3.8, 4) is 0 Å². The van der Waals surface area contributed by atoms with Gasteiger partial charge >= 0.3 is 0 Å². The van der Waals surface area contributed by atoms with Crippen LogP contribution < -0.4 is 10.6 Å². The molecule has 1 aliphatic rings. The van der Waals surface area contributed by atoms with Crippen LogP contribution in [0.1, 0.15) is 26.7 Å². The Morgan fingerprint density at radius 2 is 1.81 bits per heavy atom. The Kier molecular flexibility index (Phi) is 5.23. The predicted octanol–water partition coefficient (Wildman–Crippen LogP) is 2.10. The lowest BCUT2D eigenvalue weighted by atomic mass is 9.98. The van der Waals surface area contributed by atoms with E-state index in [1.807, 2.05) is 30.1 Å². The highest BCUT2D eigenvalue weighted by Crippen LogP contribution is 2.22. The van der Waals surface area contributed by atoms with Crippen LogP contribution in [0.15, 0.2) is 30.3 Å². The fourth-order valence-electron chi connectivity index (χ4n) is 3.03. The van der Waals surface area contributed by atoms with Crippen LogP contribution in [0.3, 0.4) is 0 Å². The van der Waals surface area contributed by atoms with E-state index in [0.29, 0.717) is 0 Å². The van der Waals surface area contributed by atoms with E-state index in [2.05, 4.69) is 30.9 Å². The number of anilines is 1. The number of para-hydroxylation sites is 1. The number of piperidine rings is 1. The lowest BCUT2D eigenvalue weighted by molar-refractivity contribution is -0.134. The summed E-state index contributed by atoms with van der Waals surface area (Å²) in [6.07, 6.45) is 1.82. The Morgan fingerprint density at radius 1 is 1.24 bits per heavy atom. The topological polar surface area (TPSA) is 49.6 Å². The van der Waals surface area contributed by atoms with E-state index in [0.717, 1.165) is 31.6 Å². The highest BCUT2D eigenvalue weighted by Gasteiger charge is 2.32. The summed E-state index contributed by atoms with van der Waals surface area (Å²) >= 11 is 0. The molecule has 1 saturated heterocycles. The minimum atomic E-state index is -0.123. The third-order valence-corrected chi connectivity index (χ3v) is 4.32. The Labute approximate surface area is 127 Å². The highest BCUT2D eigenvalue weighted by atomic mass is 16.2. The van der Waals surface area contributed by atoms with Gasteiger partial charge in [-0.15, -0.1) is 0 Å². The van der Waals surface area contributed by atoms with Gasteiger partial charge in [-0.2, -0.15) is 0 Å². The van der Waals surface area contributed by atoms with Crippen molar-refractivity contribution in [2.75, 3.05) is 25.0 Å². The molecule has 0 bridgehead atoms. The van der Waals surface area contributed by atoms with E-state index in [9.17, 15) is 4.79 Å². The highest BCUT2D eigenvalue weighted by molar-refractivity contribution is 5.85. The van der Waals surface area contributed by atoms with Crippen molar-refractivity contribution in [2.45, 2.75) is 38.8 Å². The molecule has 1 aliphatic heterocycles. The van der Waals surface area contributed by atoms with Crippen LogP contribution in [-0.4, -0.2) is 43.0 Å². The van der Waals surface area contributed by atoms with Crippen LogP contribution in [0.2, 0.25) is 0 Å². The van der Waals surface area contributed by atoms with Crippen LogP contribution in [-0.2, 0) is 4.79 Å². The summed E-state index contributed by atoms with van der Waals surface area (Å²) < 4.78 is 0.